The van der Waals surface area contributed by atoms with Crippen LogP contribution in [-0.4, -0.2) is 46.8 Å². The maximum atomic E-state index is 10.1. The summed E-state index contributed by atoms with van der Waals surface area (Å²) in [7, 11) is 0. The monoisotopic (exact) mass is 266 g/mol. The molecule has 4 nitrogen and oxygen atoms in total. The highest BCUT2D eigenvalue weighted by molar-refractivity contribution is 5.09. The fraction of sp³-hybridized carbons (Fsp3) is 0.733. The van der Waals surface area contributed by atoms with E-state index >= 15 is 0 Å². The van der Waals surface area contributed by atoms with Gasteiger partial charge in [-0.25, -0.2) is 0 Å². The van der Waals surface area contributed by atoms with Gasteiger partial charge in [-0.3, -0.25) is 0 Å². The average molecular weight is 266 g/mol. The zero-order valence-corrected chi connectivity index (χ0v) is 11.2. The number of rotatable bonds is 3. The molecule has 0 aromatic carbocycles. The van der Waals surface area contributed by atoms with Gasteiger partial charge in [0.1, 0.15) is 0 Å². The van der Waals surface area contributed by atoms with Crippen LogP contribution in [0.1, 0.15) is 32.6 Å². The quantitative estimate of drug-likeness (QED) is 0.749. The highest BCUT2D eigenvalue weighted by Crippen LogP contribution is 2.33. The van der Waals surface area contributed by atoms with Crippen LogP contribution in [0, 0.1) is 12.3 Å². The molecule has 0 aromatic heterocycles. The van der Waals surface area contributed by atoms with E-state index in [4.69, 9.17) is 15.9 Å². The molecule has 0 aliphatic carbocycles. The van der Waals surface area contributed by atoms with E-state index in [0.717, 1.165) is 6.42 Å². The third kappa shape index (κ3) is 3.37. The number of hydrogen-bond donors (Lipinski definition) is 2. The molecular formula is C15H22O4. The normalized spacial score (nSPS) is 42.8. The predicted molar refractivity (Wildman–Crippen MR) is 71.5 cm³/mol. The summed E-state index contributed by atoms with van der Waals surface area (Å²) in [4.78, 5) is 0. The van der Waals surface area contributed by atoms with Crippen molar-refractivity contribution in [1.29, 1.82) is 0 Å². The topological polar surface area (TPSA) is 58.9 Å². The van der Waals surface area contributed by atoms with Gasteiger partial charge in [-0.1, -0.05) is 18.9 Å². The molecule has 0 unspecified atom stereocenters. The highest BCUT2D eigenvalue weighted by Gasteiger charge is 2.43. The SMILES string of the molecule is C#C/C=C/C[C@@H]1O[C@H]2C[C@@H]1O[C@H](CC)[C@H](O)C[C@@H]2O. The maximum absolute atomic E-state index is 10.1. The van der Waals surface area contributed by atoms with E-state index in [-0.39, 0.29) is 24.4 Å². The Labute approximate surface area is 114 Å². The van der Waals surface area contributed by atoms with Crippen molar-refractivity contribution in [3.8, 4) is 12.3 Å². The molecule has 2 aliphatic heterocycles. The Morgan fingerprint density at radius 3 is 2.58 bits per heavy atom. The Bertz CT molecular complexity index is 360. The molecule has 0 amide bonds. The Balaban J connectivity index is 2.07. The predicted octanol–water partition coefficient (Wildman–Crippen LogP) is 1.01. The van der Waals surface area contributed by atoms with Crippen LogP contribution < -0.4 is 0 Å². The molecule has 2 aliphatic rings. The summed E-state index contributed by atoms with van der Waals surface area (Å²) in [5, 5.41) is 20.1. The first-order valence-corrected chi connectivity index (χ1v) is 6.93. The molecule has 2 rings (SSSR count). The molecule has 106 valence electrons. The molecule has 0 radical (unpaired) electrons. The molecule has 0 spiro atoms. The third-order valence-corrected chi connectivity index (χ3v) is 3.90. The van der Waals surface area contributed by atoms with Gasteiger partial charge in [-0.05, 0) is 18.9 Å². The summed E-state index contributed by atoms with van der Waals surface area (Å²) in [5.41, 5.74) is 0. The van der Waals surface area contributed by atoms with Gasteiger partial charge in [0.15, 0.2) is 0 Å². The molecule has 2 bridgehead atoms. The molecule has 2 saturated heterocycles. The largest absolute Gasteiger partial charge is 0.390 e. The molecule has 2 N–H and O–H groups in total. The fourth-order valence-corrected chi connectivity index (χ4v) is 2.85. The molecular weight excluding hydrogens is 244 g/mol. The number of aliphatic hydroxyl groups excluding tert-OH is 2. The first kappa shape index (κ1) is 14.5. The zero-order valence-electron chi connectivity index (χ0n) is 11.2. The van der Waals surface area contributed by atoms with Gasteiger partial charge in [0, 0.05) is 12.8 Å². The van der Waals surface area contributed by atoms with Gasteiger partial charge in [-0.15, -0.1) is 6.42 Å². The second-order valence-corrected chi connectivity index (χ2v) is 5.25. The van der Waals surface area contributed by atoms with Crippen molar-refractivity contribution < 1.29 is 19.7 Å². The second kappa shape index (κ2) is 6.53. The van der Waals surface area contributed by atoms with Crippen molar-refractivity contribution in [3.63, 3.8) is 0 Å². The van der Waals surface area contributed by atoms with E-state index < -0.39 is 12.2 Å². The van der Waals surface area contributed by atoms with Gasteiger partial charge in [0.2, 0.25) is 0 Å². The first-order chi connectivity index (χ1) is 9.15. The van der Waals surface area contributed by atoms with Gasteiger partial charge >= 0.3 is 0 Å². The lowest BCUT2D eigenvalue weighted by atomic mass is 9.96. The number of terminal acetylenes is 1. The molecule has 4 heteroatoms. The van der Waals surface area contributed by atoms with Crippen molar-refractivity contribution >= 4 is 0 Å². The van der Waals surface area contributed by atoms with Crippen molar-refractivity contribution in [2.24, 2.45) is 0 Å². The highest BCUT2D eigenvalue weighted by atomic mass is 16.6. The van der Waals surface area contributed by atoms with Crippen LogP contribution in [0.2, 0.25) is 0 Å². The van der Waals surface area contributed by atoms with Crippen LogP contribution in [0.15, 0.2) is 12.2 Å². The number of allylic oxidation sites excluding steroid dienone is 1. The van der Waals surface area contributed by atoms with Gasteiger partial charge in [0.25, 0.3) is 0 Å². The van der Waals surface area contributed by atoms with Crippen molar-refractivity contribution in [3.05, 3.63) is 12.2 Å². The number of ether oxygens (including phenoxy) is 2. The van der Waals surface area contributed by atoms with Gasteiger partial charge in [-0.2, -0.15) is 0 Å². The lowest BCUT2D eigenvalue weighted by Gasteiger charge is -2.30. The lowest BCUT2D eigenvalue weighted by molar-refractivity contribution is -0.102. The van der Waals surface area contributed by atoms with E-state index in [1.54, 1.807) is 6.08 Å². The number of fused-ring (bicyclic) bond motifs is 2. The number of aliphatic hydroxyl groups is 2. The Hall–Kier alpha value is -0.860. The smallest absolute Gasteiger partial charge is 0.0877 e. The molecule has 2 fully saturated rings. The van der Waals surface area contributed by atoms with Gasteiger partial charge < -0.3 is 19.7 Å². The van der Waals surface area contributed by atoms with Crippen molar-refractivity contribution in [2.75, 3.05) is 0 Å². The zero-order chi connectivity index (χ0) is 13.8. The van der Waals surface area contributed by atoms with E-state index in [9.17, 15) is 10.2 Å². The van der Waals surface area contributed by atoms with Crippen molar-refractivity contribution in [2.45, 2.75) is 69.2 Å². The molecule has 6 atom stereocenters. The standard InChI is InChI=1S/C15H22O4/c1-3-5-6-7-13-15-9-14(19-13)11(17)8-10(16)12(4-2)18-15/h1,5-6,10-17H,4,7-9H2,2H3/b6-5+/t10-,11+,12-,13+,14+,15+/m1/s1. The van der Waals surface area contributed by atoms with Gasteiger partial charge in [0.05, 0.1) is 36.6 Å². The van der Waals surface area contributed by atoms with E-state index in [0.29, 0.717) is 19.3 Å². The average Bonchev–Trinajstić information content (AvgIpc) is 2.79. The molecule has 0 aromatic rings. The number of hydrogen-bond acceptors (Lipinski definition) is 4. The molecule has 19 heavy (non-hydrogen) atoms. The fourth-order valence-electron chi connectivity index (χ4n) is 2.85. The van der Waals surface area contributed by atoms with Crippen LogP contribution in [0.5, 0.6) is 0 Å². The second-order valence-electron chi connectivity index (χ2n) is 5.25. The van der Waals surface area contributed by atoms with E-state index in [1.807, 2.05) is 13.0 Å². The third-order valence-electron chi connectivity index (χ3n) is 3.90. The van der Waals surface area contributed by atoms with E-state index in [1.165, 1.54) is 0 Å². The van der Waals surface area contributed by atoms with E-state index in [2.05, 4.69) is 5.92 Å². The summed E-state index contributed by atoms with van der Waals surface area (Å²) in [6.45, 7) is 1.97. The molecule has 0 saturated carbocycles. The van der Waals surface area contributed by atoms with Crippen LogP contribution in [0.3, 0.4) is 0 Å². The van der Waals surface area contributed by atoms with Crippen LogP contribution in [0.4, 0.5) is 0 Å². The Kier molecular flexibility index (Phi) is 5.00. The van der Waals surface area contributed by atoms with Crippen LogP contribution >= 0.6 is 0 Å². The van der Waals surface area contributed by atoms with Crippen LogP contribution in [-0.2, 0) is 9.47 Å². The summed E-state index contributed by atoms with van der Waals surface area (Å²) in [6, 6.07) is 0. The van der Waals surface area contributed by atoms with Crippen molar-refractivity contribution in [1.82, 2.24) is 0 Å². The Morgan fingerprint density at radius 2 is 1.89 bits per heavy atom. The summed E-state index contributed by atoms with van der Waals surface area (Å²) in [6.07, 6.45) is 9.17. The first-order valence-electron chi connectivity index (χ1n) is 6.93. The summed E-state index contributed by atoms with van der Waals surface area (Å²) < 4.78 is 11.8. The maximum Gasteiger partial charge on any atom is 0.0877 e. The van der Waals surface area contributed by atoms with Crippen LogP contribution in [0.25, 0.3) is 0 Å². The Morgan fingerprint density at radius 1 is 1.16 bits per heavy atom. The minimum atomic E-state index is -0.631. The molecule has 2 heterocycles. The summed E-state index contributed by atoms with van der Waals surface area (Å²) in [5.74, 6) is 2.45. The summed E-state index contributed by atoms with van der Waals surface area (Å²) >= 11 is 0. The minimum Gasteiger partial charge on any atom is -0.390 e. The minimum absolute atomic E-state index is 0.0815. The lowest BCUT2D eigenvalue weighted by Crippen LogP contribution is -2.41.